The van der Waals surface area contributed by atoms with Gasteiger partial charge in [-0.25, -0.2) is 4.98 Å². The Labute approximate surface area is 102 Å². The predicted molar refractivity (Wildman–Crippen MR) is 60.2 cm³/mol. The lowest BCUT2D eigenvalue weighted by molar-refractivity contribution is 0.0631. The lowest BCUT2D eigenvalue weighted by atomic mass is 10.2. The molecule has 2 rings (SSSR count). The van der Waals surface area contributed by atoms with Crippen molar-refractivity contribution < 1.29 is 18.6 Å². The average molecular weight is 254 g/mol. The zero-order valence-corrected chi connectivity index (χ0v) is 9.46. The van der Waals surface area contributed by atoms with E-state index in [2.05, 4.69) is 4.98 Å². The molecule has 2 aromatic rings. The quantitative estimate of drug-likeness (QED) is 0.890. The first-order valence-electron chi connectivity index (χ1n) is 5.34. The number of para-hydroxylation sites is 1. The number of hydrogen-bond donors (Lipinski definition) is 1. The first-order chi connectivity index (χ1) is 8.72. The highest BCUT2D eigenvalue weighted by atomic mass is 19.3. The van der Waals surface area contributed by atoms with E-state index in [0.29, 0.717) is 11.3 Å². The summed E-state index contributed by atoms with van der Waals surface area (Å²) < 4.78 is 31.2. The van der Waals surface area contributed by atoms with Crippen LogP contribution in [0.1, 0.15) is 17.9 Å². The Morgan fingerprint density at radius 1 is 1.33 bits per heavy atom. The summed E-state index contributed by atoms with van der Waals surface area (Å²) in [5, 5.41) is 9.10. The van der Waals surface area contributed by atoms with E-state index in [1.54, 1.807) is 24.3 Å². The van der Waals surface area contributed by atoms with Gasteiger partial charge in [-0.1, -0.05) is 18.2 Å². The molecule has 0 aliphatic rings. The van der Waals surface area contributed by atoms with E-state index >= 15 is 0 Å². The minimum atomic E-state index is -2.64. The zero-order valence-electron chi connectivity index (χ0n) is 9.46. The predicted octanol–water partition coefficient (Wildman–Crippen LogP) is 2.35. The second-order valence-electron chi connectivity index (χ2n) is 3.58. The number of hydrogen-bond acceptors (Lipinski definition) is 3. The molecule has 96 valence electrons. The zero-order chi connectivity index (χ0) is 13.0. The summed E-state index contributed by atoms with van der Waals surface area (Å²) in [4.78, 5) is 3.80. The number of benzene rings is 1. The number of alkyl halides is 2. The van der Waals surface area contributed by atoms with Crippen molar-refractivity contribution in [3.8, 4) is 5.75 Å². The lowest BCUT2D eigenvalue weighted by Gasteiger charge is -2.10. The van der Waals surface area contributed by atoms with Gasteiger partial charge in [-0.05, 0) is 6.07 Å². The fourth-order valence-electron chi connectivity index (χ4n) is 1.55. The molecule has 1 aromatic heterocycles. The molecule has 6 heteroatoms. The minimum absolute atomic E-state index is 0.0750. The van der Waals surface area contributed by atoms with Crippen LogP contribution in [0.2, 0.25) is 0 Å². The molecule has 0 amide bonds. The molecule has 0 saturated carbocycles. The van der Waals surface area contributed by atoms with E-state index in [1.807, 2.05) is 0 Å². The van der Waals surface area contributed by atoms with Crippen molar-refractivity contribution in [1.29, 1.82) is 0 Å². The molecule has 0 saturated heterocycles. The van der Waals surface area contributed by atoms with Crippen LogP contribution in [0.15, 0.2) is 36.7 Å². The van der Waals surface area contributed by atoms with Crippen LogP contribution in [0.3, 0.4) is 0 Å². The first kappa shape index (κ1) is 12.5. The van der Waals surface area contributed by atoms with Gasteiger partial charge >= 0.3 is 6.55 Å². The lowest BCUT2D eigenvalue weighted by Crippen LogP contribution is -2.08. The van der Waals surface area contributed by atoms with Crippen LogP contribution in [0.4, 0.5) is 8.78 Å². The molecule has 0 unspecified atom stereocenters. The van der Waals surface area contributed by atoms with Crippen LogP contribution in [-0.4, -0.2) is 14.7 Å². The molecule has 1 heterocycles. The van der Waals surface area contributed by atoms with E-state index in [-0.39, 0.29) is 19.0 Å². The van der Waals surface area contributed by atoms with Gasteiger partial charge in [0.2, 0.25) is 0 Å². The second-order valence-corrected chi connectivity index (χ2v) is 3.58. The molecule has 0 aliphatic carbocycles. The average Bonchev–Trinajstić information content (AvgIpc) is 2.85. The fourth-order valence-corrected chi connectivity index (χ4v) is 1.55. The Hall–Kier alpha value is -1.95. The molecule has 0 spiro atoms. The summed E-state index contributed by atoms with van der Waals surface area (Å²) in [6, 6.07) is 6.88. The van der Waals surface area contributed by atoms with E-state index in [4.69, 9.17) is 9.84 Å². The smallest absolute Gasteiger partial charge is 0.320 e. The highest BCUT2D eigenvalue weighted by molar-refractivity contribution is 5.32. The maximum atomic E-state index is 12.6. The van der Waals surface area contributed by atoms with Crippen LogP contribution < -0.4 is 4.74 Å². The Balaban J connectivity index is 2.09. The highest BCUT2D eigenvalue weighted by Crippen LogP contribution is 2.20. The van der Waals surface area contributed by atoms with Gasteiger partial charge < -0.3 is 9.84 Å². The third-order valence-corrected chi connectivity index (χ3v) is 2.46. The molecule has 1 N–H and O–H groups in total. The van der Waals surface area contributed by atoms with E-state index < -0.39 is 6.55 Å². The number of aromatic nitrogens is 2. The number of halogens is 2. The maximum Gasteiger partial charge on any atom is 0.320 e. The fraction of sp³-hybridized carbons (Fsp3) is 0.250. The van der Waals surface area contributed by atoms with Gasteiger partial charge in [-0.15, -0.1) is 0 Å². The molecular formula is C12H12F2N2O2. The van der Waals surface area contributed by atoms with Gasteiger partial charge in [-0.2, -0.15) is 8.78 Å². The summed E-state index contributed by atoms with van der Waals surface area (Å²) in [6.07, 6.45) is 2.49. The van der Waals surface area contributed by atoms with E-state index in [1.165, 1.54) is 12.4 Å². The Morgan fingerprint density at radius 2 is 2.11 bits per heavy atom. The van der Waals surface area contributed by atoms with Gasteiger partial charge in [0.25, 0.3) is 0 Å². The van der Waals surface area contributed by atoms with Crippen LogP contribution in [0.5, 0.6) is 5.75 Å². The Bertz CT molecular complexity index is 514. The van der Waals surface area contributed by atoms with Crippen LogP contribution in [0, 0.1) is 0 Å². The topological polar surface area (TPSA) is 47.3 Å². The van der Waals surface area contributed by atoms with Crippen molar-refractivity contribution in [3.05, 3.63) is 48.0 Å². The molecule has 1 aromatic carbocycles. The minimum Gasteiger partial charge on any atom is -0.485 e. The number of rotatable bonds is 5. The number of imidazole rings is 1. The standard InChI is InChI=1S/C12H12F2N2O2/c13-12(14)16-6-5-15-11(16)8-18-10-4-2-1-3-9(10)7-17/h1-6,12,17H,7-8H2. The van der Waals surface area contributed by atoms with Crippen LogP contribution in [-0.2, 0) is 13.2 Å². The summed E-state index contributed by atoms with van der Waals surface area (Å²) in [7, 11) is 0. The number of aliphatic hydroxyl groups is 1. The molecule has 0 bridgehead atoms. The highest BCUT2D eigenvalue weighted by Gasteiger charge is 2.12. The van der Waals surface area contributed by atoms with Gasteiger partial charge in [0, 0.05) is 18.0 Å². The van der Waals surface area contributed by atoms with Crippen LogP contribution >= 0.6 is 0 Å². The molecule has 0 aliphatic heterocycles. The van der Waals surface area contributed by atoms with Crippen molar-refractivity contribution in [2.75, 3.05) is 0 Å². The summed E-state index contributed by atoms with van der Waals surface area (Å²) >= 11 is 0. The largest absolute Gasteiger partial charge is 0.485 e. The molecule has 0 atom stereocenters. The van der Waals surface area contributed by atoms with Gasteiger partial charge in [0.05, 0.1) is 6.61 Å². The van der Waals surface area contributed by atoms with E-state index in [9.17, 15) is 8.78 Å². The summed E-state index contributed by atoms with van der Waals surface area (Å²) in [6.45, 7) is -2.88. The van der Waals surface area contributed by atoms with Gasteiger partial charge in [0.15, 0.2) is 5.82 Å². The molecule has 4 nitrogen and oxygen atoms in total. The number of aliphatic hydroxyl groups excluding tert-OH is 1. The monoisotopic (exact) mass is 254 g/mol. The summed E-state index contributed by atoms with van der Waals surface area (Å²) in [5.74, 6) is 0.599. The van der Waals surface area contributed by atoms with Crippen molar-refractivity contribution in [2.24, 2.45) is 0 Å². The Morgan fingerprint density at radius 3 is 2.83 bits per heavy atom. The van der Waals surface area contributed by atoms with Gasteiger partial charge in [0.1, 0.15) is 12.4 Å². The molecular weight excluding hydrogens is 242 g/mol. The molecule has 0 radical (unpaired) electrons. The summed E-state index contributed by atoms with van der Waals surface area (Å²) in [5.41, 5.74) is 0.604. The van der Waals surface area contributed by atoms with Crippen LogP contribution in [0.25, 0.3) is 0 Å². The van der Waals surface area contributed by atoms with Crippen molar-refractivity contribution in [2.45, 2.75) is 19.8 Å². The SMILES string of the molecule is OCc1ccccc1OCc1nccn1C(F)F. The Kier molecular flexibility index (Phi) is 3.88. The molecule has 18 heavy (non-hydrogen) atoms. The van der Waals surface area contributed by atoms with Gasteiger partial charge in [-0.3, -0.25) is 4.57 Å². The maximum absolute atomic E-state index is 12.6. The van der Waals surface area contributed by atoms with E-state index in [0.717, 1.165) is 4.57 Å². The molecule has 0 fully saturated rings. The third-order valence-electron chi connectivity index (χ3n) is 2.46. The second kappa shape index (κ2) is 5.59. The van der Waals surface area contributed by atoms with Crippen molar-refractivity contribution in [1.82, 2.24) is 9.55 Å². The third kappa shape index (κ3) is 2.65. The number of nitrogens with zero attached hydrogens (tertiary/aromatic N) is 2. The normalized spacial score (nSPS) is 10.9. The number of ether oxygens (including phenoxy) is 1. The van der Waals surface area contributed by atoms with Crippen molar-refractivity contribution in [3.63, 3.8) is 0 Å². The van der Waals surface area contributed by atoms with Crippen molar-refractivity contribution >= 4 is 0 Å². The first-order valence-corrected chi connectivity index (χ1v) is 5.34.